The highest BCUT2D eigenvalue weighted by molar-refractivity contribution is 5.33. The summed E-state index contributed by atoms with van der Waals surface area (Å²) in [5, 5.41) is 17.9. The standard InChI is InChI=1S/C14H17FN2O/c15-14-5-4-11(9-16)8-12(14)10-17(6-7-18)13-2-1-3-13/h4-5,8,13,18H,1-3,6-7,10H2. The van der Waals surface area contributed by atoms with Gasteiger partial charge in [0.25, 0.3) is 0 Å². The fourth-order valence-electron chi connectivity index (χ4n) is 2.26. The lowest BCUT2D eigenvalue weighted by atomic mass is 9.91. The van der Waals surface area contributed by atoms with Crippen LogP contribution in [0.4, 0.5) is 4.39 Å². The van der Waals surface area contributed by atoms with E-state index in [1.165, 1.54) is 18.6 Å². The molecule has 0 amide bonds. The molecule has 0 bridgehead atoms. The predicted molar refractivity (Wildman–Crippen MR) is 66.2 cm³/mol. The number of aliphatic hydroxyl groups excluding tert-OH is 1. The quantitative estimate of drug-likeness (QED) is 0.867. The second-order valence-corrected chi connectivity index (χ2v) is 4.70. The molecule has 1 saturated carbocycles. The van der Waals surface area contributed by atoms with Gasteiger partial charge in [0.1, 0.15) is 5.82 Å². The van der Waals surface area contributed by atoms with E-state index in [1.54, 1.807) is 6.07 Å². The molecule has 0 unspecified atom stereocenters. The number of nitrogens with zero attached hydrogens (tertiary/aromatic N) is 2. The highest BCUT2D eigenvalue weighted by atomic mass is 19.1. The van der Waals surface area contributed by atoms with Crippen molar-refractivity contribution in [2.75, 3.05) is 13.2 Å². The average Bonchev–Trinajstić information content (AvgIpc) is 2.30. The summed E-state index contributed by atoms with van der Waals surface area (Å²) in [5.41, 5.74) is 1.01. The molecular weight excluding hydrogens is 231 g/mol. The summed E-state index contributed by atoms with van der Waals surface area (Å²) in [7, 11) is 0. The largest absolute Gasteiger partial charge is 0.395 e. The maximum absolute atomic E-state index is 13.7. The van der Waals surface area contributed by atoms with Gasteiger partial charge in [-0.1, -0.05) is 6.42 Å². The summed E-state index contributed by atoms with van der Waals surface area (Å²) in [6.45, 7) is 1.10. The van der Waals surface area contributed by atoms with Crippen molar-refractivity contribution >= 4 is 0 Å². The molecule has 0 heterocycles. The van der Waals surface area contributed by atoms with Crippen LogP contribution in [0.2, 0.25) is 0 Å². The van der Waals surface area contributed by atoms with E-state index in [0.717, 1.165) is 12.8 Å². The number of hydrogen-bond acceptors (Lipinski definition) is 3. The van der Waals surface area contributed by atoms with E-state index in [2.05, 4.69) is 4.90 Å². The van der Waals surface area contributed by atoms with Gasteiger partial charge >= 0.3 is 0 Å². The fraction of sp³-hybridized carbons (Fsp3) is 0.500. The fourth-order valence-corrected chi connectivity index (χ4v) is 2.26. The van der Waals surface area contributed by atoms with Gasteiger partial charge in [-0.25, -0.2) is 4.39 Å². The van der Waals surface area contributed by atoms with Crippen molar-refractivity contribution in [3.8, 4) is 6.07 Å². The van der Waals surface area contributed by atoms with Gasteiger partial charge in [0.2, 0.25) is 0 Å². The minimum absolute atomic E-state index is 0.0794. The molecule has 0 atom stereocenters. The second-order valence-electron chi connectivity index (χ2n) is 4.70. The van der Waals surface area contributed by atoms with Gasteiger partial charge in [-0.15, -0.1) is 0 Å². The molecule has 18 heavy (non-hydrogen) atoms. The Morgan fingerprint density at radius 2 is 2.22 bits per heavy atom. The van der Waals surface area contributed by atoms with E-state index in [0.29, 0.717) is 30.3 Å². The van der Waals surface area contributed by atoms with Gasteiger partial charge in [0.05, 0.1) is 18.2 Å². The number of aliphatic hydroxyl groups is 1. The molecule has 1 aromatic rings. The Bertz CT molecular complexity index is 452. The lowest BCUT2D eigenvalue weighted by molar-refractivity contribution is 0.0934. The van der Waals surface area contributed by atoms with Gasteiger partial charge in [0, 0.05) is 24.7 Å². The number of rotatable bonds is 5. The molecule has 3 nitrogen and oxygen atoms in total. The van der Waals surface area contributed by atoms with Crippen LogP contribution < -0.4 is 0 Å². The first kappa shape index (κ1) is 13.0. The highest BCUT2D eigenvalue weighted by Crippen LogP contribution is 2.26. The van der Waals surface area contributed by atoms with Gasteiger partial charge in [0.15, 0.2) is 0 Å². The second kappa shape index (κ2) is 5.94. The van der Waals surface area contributed by atoms with Crippen LogP contribution in [0.3, 0.4) is 0 Å². The van der Waals surface area contributed by atoms with Crippen LogP contribution in [-0.2, 0) is 6.54 Å². The Morgan fingerprint density at radius 3 is 2.78 bits per heavy atom. The summed E-state index contributed by atoms with van der Waals surface area (Å²) >= 11 is 0. The normalized spacial score (nSPS) is 15.4. The summed E-state index contributed by atoms with van der Waals surface area (Å²) < 4.78 is 13.7. The van der Waals surface area contributed by atoms with Crippen LogP contribution in [-0.4, -0.2) is 29.2 Å². The predicted octanol–water partition coefficient (Wildman–Crippen LogP) is 2.04. The first-order valence-electron chi connectivity index (χ1n) is 6.28. The maximum Gasteiger partial charge on any atom is 0.127 e. The van der Waals surface area contributed by atoms with Crippen LogP contribution in [0.1, 0.15) is 30.4 Å². The Balaban J connectivity index is 2.12. The molecule has 0 spiro atoms. The Labute approximate surface area is 106 Å². The highest BCUT2D eigenvalue weighted by Gasteiger charge is 2.25. The van der Waals surface area contributed by atoms with Crippen molar-refractivity contribution in [3.05, 3.63) is 35.1 Å². The third-order valence-electron chi connectivity index (χ3n) is 3.53. The maximum atomic E-state index is 13.7. The first-order chi connectivity index (χ1) is 8.74. The Kier molecular flexibility index (Phi) is 4.29. The number of nitriles is 1. The molecule has 0 radical (unpaired) electrons. The average molecular weight is 248 g/mol. The van der Waals surface area contributed by atoms with Crippen molar-refractivity contribution in [2.24, 2.45) is 0 Å². The lowest BCUT2D eigenvalue weighted by Gasteiger charge is -2.37. The minimum Gasteiger partial charge on any atom is -0.395 e. The Hall–Kier alpha value is -1.44. The number of hydrogen-bond donors (Lipinski definition) is 1. The zero-order valence-electron chi connectivity index (χ0n) is 10.3. The molecule has 1 aromatic carbocycles. The van der Waals surface area contributed by atoms with E-state index in [9.17, 15) is 4.39 Å². The zero-order valence-corrected chi connectivity index (χ0v) is 10.3. The van der Waals surface area contributed by atoms with E-state index in [1.807, 2.05) is 6.07 Å². The zero-order chi connectivity index (χ0) is 13.0. The summed E-state index contributed by atoms with van der Waals surface area (Å²) in [6.07, 6.45) is 3.42. The molecule has 96 valence electrons. The van der Waals surface area contributed by atoms with Crippen LogP contribution >= 0.6 is 0 Å². The molecule has 4 heteroatoms. The number of benzene rings is 1. The molecular formula is C14H17FN2O. The first-order valence-corrected chi connectivity index (χ1v) is 6.28. The molecule has 0 saturated heterocycles. The SMILES string of the molecule is N#Cc1ccc(F)c(CN(CCO)C2CCC2)c1. The molecule has 1 aliphatic carbocycles. The third kappa shape index (κ3) is 2.87. The lowest BCUT2D eigenvalue weighted by Crippen LogP contribution is -2.41. The van der Waals surface area contributed by atoms with E-state index in [4.69, 9.17) is 10.4 Å². The Morgan fingerprint density at radius 1 is 1.44 bits per heavy atom. The van der Waals surface area contributed by atoms with Gasteiger partial charge < -0.3 is 5.11 Å². The topological polar surface area (TPSA) is 47.3 Å². The van der Waals surface area contributed by atoms with E-state index in [-0.39, 0.29) is 12.4 Å². The molecule has 1 N–H and O–H groups in total. The van der Waals surface area contributed by atoms with Crippen LogP contribution in [0.5, 0.6) is 0 Å². The van der Waals surface area contributed by atoms with Gasteiger partial charge in [-0.3, -0.25) is 4.90 Å². The summed E-state index contributed by atoms with van der Waals surface area (Å²) in [5.74, 6) is -0.281. The molecule has 2 rings (SSSR count). The molecule has 0 aromatic heterocycles. The molecule has 0 aliphatic heterocycles. The smallest absolute Gasteiger partial charge is 0.127 e. The minimum atomic E-state index is -0.281. The summed E-state index contributed by atoms with van der Waals surface area (Å²) in [4.78, 5) is 2.10. The van der Waals surface area contributed by atoms with Crippen LogP contribution in [0, 0.1) is 17.1 Å². The molecule has 1 fully saturated rings. The van der Waals surface area contributed by atoms with Crippen molar-refractivity contribution in [1.82, 2.24) is 4.90 Å². The summed E-state index contributed by atoms with van der Waals surface area (Å²) in [6, 6.07) is 6.89. The number of halogens is 1. The van der Waals surface area contributed by atoms with Crippen molar-refractivity contribution in [3.63, 3.8) is 0 Å². The molecule has 1 aliphatic rings. The van der Waals surface area contributed by atoms with Crippen molar-refractivity contribution < 1.29 is 9.50 Å². The van der Waals surface area contributed by atoms with Crippen molar-refractivity contribution in [2.45, 2.75) is 31.8 Å². The van der Waals surface area contributed by atoms with Crippen molar-refractivity contribution in [1.29, 1.82) is 5.26 Å². The third-order valence-corrected chi connectivity index (χ3v) is 3.53. The van der Waals surface area contributed by atoms with E-state index >= 15 is 0 Å². The van der Waals surface area contributed by atoms with Crippen LogP contribution in [0.15, 0.2) is 18.2 Å². The monoisotopic (exact) mass is 248 g/mol. The van der Waals surface area contributed by atoms with E-state index < -0.39 is 0 Å². The van der Waals surface area contributed by atoms with Gasteiger partial charge in [-0.05, 0) is 31.0 Å². The van der Waals surface area contributed by atoms with Crippen LogP contribution in [0.25, 0.3) is 0 Å². The van der Waals surface area contributed by atoms with Gasteiger partial charge in [-0.2, -0.15) is 5.26 Å².